The Balaban J connectivity index is 1.45. The van der Waals surface area contributed by atoms with Gasteiger partial charge in [-0.3, -0.25) is 4.79 Å². The summed E-state index contributed by atoms with van der Waals surface area (Å²) in [7, 11) is 0. The van der Waals surface area contributed by atoms with Crippen molar-refractivity contribution in [3.8, 4) is 0 Å². The van der Waals surface area contributed by atoms with Crippen molar-refractivity contribution >= 4 is 5.91 Å². The largest absolute Gasteiger partial charge is 0.370 e. The zero-order valence-corrected chi connectivity index (χ0v) is 17.6. The van der Waals surface area contributed by atoms with Crippen LogP contribution in [0.2, 0.25) is 0 Å². The summed E-state index contributed by atoms with van der Waals surface area (Å²) < 4.78 is 21.1. The van der Waals surface area contributed by atoms with Crippen LogP contribution in [0, 0.1) is 11.7 Å². The molecular formula is C23H32FN4O2+. The van der Waals surface area contributed by atoms with E-state index in [9.17, 15) is 9.18 Å². The fraction of sp³-hybridized carbons (Fsp3) is 0.565. The van der Waals surface area contributed by atoms with Gasteiger partial charge in [0.2, 0.25) is 5.91 Å². The summed E-state index contributed by atoms with van der Waals surface area (Å²) >= 11 is 0. The molecule has 2 aliphatic rings. The lowest BCUT2D eigenvalue weighted by molar-refractivity contribution is -0.907. The number of nitrogens with zero attached hydrogens (tertiary/aromatic N) is 3. The number of benzene rings is 1. The highest BCUT2D eigenvalue weighted by Crippen LogP contribution is 2.27. The second-order valence-corrected chi connectivity index (χ2v) is 8.45. The van der Waals surface area contributed by atoms with E-state index in [0.29, 0.717) is 13.1 Å². The van der Waals surface area contributed by atoms with E-state index in [-0.39, 0.29) is 17.6 Å². The van der Waals surface area contributed by atoms with Crippen molar-refractivity contribution in [3.63, 3.8) is 0 Å². The molecule has 1 amide bonds. The Morgan fingerprint density at radius 1 is 1.27 bits per heavy atom. The highest BCUT2D eigenvalue weighted by atomic mass is 19.1. The number of halogens is 1. The van der Waals surface area contributed by atoms with Crippen LogP contribution < -0.4 is 4.90 Å². The first-order valence-electron chi connectivity index (χ1n) is 11.1. The summed E-state index contributed by atoms with van der Waals surface area (Å²) in [6.07, 6.45) is 7.96. The first-order valence-corrected chi connectivity index (χ1v) is 11.1. The number of ether oxygens (including phenoxy) is 1. The minimum atomic E-state index is -0.235. The number of quaternary nitrogens is 1. The molecule has 0 radical (unpaired) electrons. The van der Waals surface area contributed by atoms with Crippen molar-refractivity contribution in [2.75, 3.05) is 39.4 Å². The fourth-order valence-electron chi connectivity index (χ4n) is 4.54. The number of carbonyl (C=O) groups excluding carboxylic acids is 1. The van der Waals surface area contributed by atoms with Gasteiger partial charge in [-0.15, -0.1) is 0 Å². The number of hydrogen-bond acceptors (Lipinski definition) is 3. The Morgan fingerprint density at radius 3 is 2.83 bits per heavy atom. The Bertz CT molecular complexity index is 828. The SMILES string of the molecule is O=C(C1CCCC1)N(CC[NH+]1CCOCC1)Cc1nccn1Cc1cccc(F)c1. The zero-order chi connectivity index (χ0) is 20.8. The van der Waals surface area contributed by atoms with E-state index < -0.39 is 0 Å². The monoisotopic (exact) mass is 415 g/mol. The molecule has 1 aliphatic heterocycles. The van der Waals surface area contributed by atoms with Crippen LogP contribution in [0.25, 0.3) is 0 Å². The van der Waals surface area contributed by atoms with Gasteiger partial charge in [0, 0.05) is 24.9 Å². The number of nitrogens with one attached hydrogen (secondary N) is 1. The standard InChI is InChI=1S/C23H31FN4O2/c24-21-7-3-4-19(16-21)17-27-9-8-25-22(27)18-28(23(29)20-5-1-2-6-20)11-10-26-12-14-30-15-13-26/h3-4,7-9,16,20H,1-2,5-6,10-15,17-18H2/p+1. The molecule has 1 aromatic heterocycles. The van der Waals surface area contributed by atoms with Crippen LogP contribution in [-0.4, -0.2) is 59.8 Å². The molecule has 1 aliphatic carbocycles. The van der Waals surface area contributed by atoms with Crippen LogP contribution in [0.3, 0.4) is 0 Å². The normalized spacial score (nSPS) is 18.0. The maximum absolute atomic E-state index is 13.6. The number of hydrogen-bond donors (Lipinski definition) is 1. The smallest absolute Gasteiger partial charge is 0.226 e. The average Bonchev–Trinajstić information content (AvgIpc) is 3.44. The van der Waals surface area contributed by atoms with Crippen LogP contribution in [0.15, 0.2) is 36.7 Å². The highest BCUT2D eigenvalue weighted by Gasteiger charge is 2.29. The van der Waals surface area contributed by atoms with Crippen molar-refractivity contribution < 1.29 is 18.8 Å². The summed E-state index contributed by atoms with van der Waals surface area (Å²) in [5.74, 6) is 1.03. The van der Waals surface area contributed by atoms with Gasteiger partial charge < -0.3 is 19.1 Å². The molecule has 1 saturated carbocycles. The molecule has 7 heteroatoms. The summed E-state index contributed by atoms with van der Waals surface area (Å²) in [5.41, 5.74) is 0.890. The molecule has 1 aromatic carbocycles. The Morgan fingerprint density at radius 2 is 2.07 bits per heavy atom. The topological polar surface area (TPSA) is 51.8 Å². The van der Waals surface area contributed by atoms with Gasteiger partial charge >= 0.3 is 0 Å². The number of imidazole rings is 1. The minimum absolute atomic E-state index is 0.149. The Kier molecular flexibility index (Phi) is 7.12. The predicted octanol–water partition coefficient (Wildman–Crippen LogP) is 1.50. The molecule has 6 nitrogen and oxygen atoms in total. The van der Waals surface area contributed by atoms with Gasteiger partial charge in [0.05, 0.1) is 32.8 Å². The molecule has 0 bridgehead atoms. The lowest BCUT2D eigenvalue weighted by Crippen LogP contribution is -3.14. The average molecular weight is 416 g/mol. The zero-order valence-electron chi connectivity index (χ0n) is 17.6. The summed E-state index contributed by atoms with van der Waals surface area (Å²) in [5, 5.41) is 0. The third-order valence-corrected chi connectivity index (χ3v) is 6.33. The van der Waals surface area contributed by atoms with E-state index >= 15 is 0 Å². The second kappa shape index (κ2) is 10.2. The molecule has 2 heterocycles. The lowest BCUT2D eigenvalue weighted by atomic mass is 10.1. The number of amides is 1. The van der Waals surface area contributed by atoms with Gasteiger partial charge in [-0.25, -0.2) is 9.37 Å². The third kappa shape index (κ3) is 5.46. The van der Waals surface area contributed by atoms with E-state index in [2.05, 4.69) is 4.98 Å². The van der Waals surface area contributed by atoms with Crippen molar-refractivity contribution in [2.45, 2.75) is 38.8 Å². The maximum atomic E-state index is 13.6. The Labute approximate surface area is 177 Å². The van der Waals surface area contributed by atoms with E-state index in [1.807, 2.05) is 21.7 Å². The predicted molar refractivity (Wildman–Crippen MR) is 111 cm³/mol. The van der Waals surface area contributed by atoms with E-state index in [1.165, 1.54) is 11.0 Å². The van der Waals surface area contributed by atoms with Gasteiger partial charge in [-0.1, -0.05) is 25.0 Å². The number of rotatable bonds is 8. The molecular weight excluding hydrogens is 383 g/mol. The van der Waals surface area contributed by atoms with Gasteiger partial charge in [0.1, 0.15) is 24.7 Å². The van der Waals surface area contributed by atoms with E-state index in [1.54, 1.807) is 18.3 Å². The summed E-state index contributed by atoms with van der Waals surface area (Å²) in [6.45, 7) is 6.31. The van der Waals surface area contributed by atoms with Crippen molar-refractivity contribution in [1.82, 2.24) is 14.5 Å². The van der Waals surface area contributed by atoms with E-state index in [0.717, 1.165) is 76.5 Å². The van der Waals surface area contributed by atoms with Gasteiger partial charge in [0.15, 0.2) is 0 Å². The highest BCUT2D eigenvalue weighted by molar-refractivity contribution is 5.79. The molecule has 2 aromatic rings. The number of aromatic nitrogens is 2. The third-order valence-electron chi connectivity index (χ3n) is 6.33. The molecule has 0 unspecified atom stereocenters. The molecule has 0 spiro atoms. The molecule has 1 N–H and O–H groups in total. The first kappa shape index (κ1) is 21.0. The van der Waals surface area contributed by atoms with Crippen LogP contribution in [0.1, 0.15) is 37.1 Å². The molecule has 1 saturated heterocycles. The molecule has 162 valence electrons. The van der Waals surface area contributed by atoms with Gasteiger partial charge in [-0.2, -0.15) is 0 Å². The van der Waals surface area contributed by atoms with Crippen LogP contribution in [0.4, 0.5) is 4.39 Å². The quantitative estimate of drug-likeness (QED) is 0.711. The van der Waals surface area contributed by atoms with E-state index in [4.69, 9.17) is 4.74 Å². The number of carbonyl (C=O) groups is 1. The summed E-state index contributed by atoms with van der Waals surface area (Å²) in [4.78, 5) is 21.3. The van der Waals surface area contributed by atoms with Gasteiger partial charge in [0.25, 0.3) is 0 Å². The van der Waals surface area contributed by atoms with Crippen LogP contribution in [0.5, 0.6) is 0 Å². The maximum Gasteiger partial charge on any atom is 0.226 e. The lowest BCUT2D eigenvalue weighted by Gasteiger charge is -2.29. The van der Waals surface area contributed by atoms with Crippen molar-refractivity contribution in [2.24, 2.45) is 5.92 Å². The fourth-order valence-corrected chi connectivity index (χ4v) is 4.54. The second-order valence-electron chi connectivity index (χ2n) is 8.45. The van der Waals surface area contributed by atoms with Crippen LogP contribution >= 0.6 is 0 Å². The molecule has 2 fully saturated rings. The molecule has 0 atom stereocenters. The van der Waals surface area contributed by atoms with Crippen LogP contribution in [-0.2, 0) is 22.6 Å². The first-order chi connectivity index (χ1) is 14.7. The minimum Gasteiger partial charge on any atom is -0.370 e. The summed E-state index contributed by atoms with van der Waals surface area (Å²) in [6, 6.07) is 6.64. The Hall–Kier alpha value is -2.25. The number of morpholine rings is 1. The van der Waals surface area contributed by atoms with Gasteiger partial charge in [-0.05, 0) is 30.5 Å². The van der Waals surface area contributed by atoms with Crippen molar-refractivity contribution in [3.05, 3.63) is 53.9 Å². The molecule has 30 heavy (non-hydrogen) atoms. The molecule has 4 rings (SSSR count). The van der Waals surface area contributed by atoms with Crippen molar-refractivity contribution in [1.29, 1.82) is 0 Å².